The first-order chi connectivity index (χ1) is 10.2. The van der Waals surface area contributed by atoms with Crippen LogP contribution in [0, 0.1) is 0 Å². The number of urea groups is 1. The van der Waals surface area contributed by atoms with Crippen LogP contribution in [0.4, 0.5) is 23.7 Å². The zero-order valence-corrected chi connectivity index (χ0v) is 12.1. The number of aliphatic hydroxyl groups excluding tert-OH is 1. The number of nitrogens with one attached hydrogen (secondary N) is 1. The van der Waals surface area contributed by atoms with Gasteiger partial charge in [0.15, 0.2) is 0 Å². The summed E-state index contributed by atoms with van der Waals surface area (Å²) in [4.78, 5) is 13.0. The van der Waals surface area contributed by atoms with E-state index in [1.54, 1.807) is 0 Å². The number of rotatable bonds is 6. The molecule has 0 radical (unpaired) electrons. The number of alkyl halides is 3. The number of methoxy groups -OCH3 is 1. The maximum absolute atomic E-state index is 12.1. The first-order valence-corrected chi connectivity index (χ1v) is 6.26. The maximum Gasteiger partial charge on any atom is 0.573 e. The second kappa shape index (κ2) is 7.85. The van der Waals surface area contributed by atoms with Crippen molar-refractivity contribution in [2.75, 3.05) is 32.6 Å². The fourth-order valence-electron chi connectivity index (χ4n) is 1.63. The monoisotopic (exact) mass is 322 g/mol. The standard InChI is InChI=1S/C13H17F3N2O4/c1-18(7-10(19)8-21-2)12(20)17-9-4-3-5-11(6-9)22-13(14,15)16/h3-6,10,19H,7-8H2,1-2H3,(H,17,20)/t10-/m1/s1. The number of carbonyl (C=O) groups excluding carboxylic acids is 1. The van der Waals surface area contributed by atoms with E-state index in [0.29, 0.717) is 0 Å². The summed E-state index contributed by atoms with van der Waals surface area (Å²) in [5.41, 5.74) is 0.139. The molecule has 2 N–H and O–H groups in total. The number of anilines is 1. The zero-order chi connectivity index (χ0) is 16.8. The van der Waals surface area contributed by atoms with Crippen molar-refractivity contribution < 1.29 is 32.5 Å². The molecule has 0 aromatic heterocycles. The molecule has 0 aliphatic carbocycles. The van der Waals surface area contributed by atoms with E-state index < -0.39 is 24.2 Å². The molecular formula is C13H17F3N2O4. The van der Waals surface area contributed by atoms with Crippen molar-refractivity contribution in [1.29, 1.82) is 0 Å². The number of hydrogen-bond acceptors (Lipinski definition) is 4. The van der Waals surface area contributed by atoms with Gasteiger partial charge < -0.3 is 24.8 Å². The number of benzene rings is 1. The molecule has 6 nitrogen and oxygen atoms in total. The van der Waals surface area contributed by atoms with Gasteiger partial charge in [0.2, 0.25) is 0 Å². The highest BCUT2D eigenvalue weighted by atomic mass is 19.4. The third-order valence-corrected chi connectivity index (χ3v) is 2.51. The van der Waals surface area contributed by atoms with Gasteiger partial charge in [-0.1, -0.05) is 6.07 Å². The van der Waals surface area contributed by atoms with Gasteiger partial charge in [0.1, 0.15) is 5.75 Å². The van der Waals surface area contributed by atoms with Crippen LogP contribution in [0.5, 0.6) is 5.75 Å². The van der Waals surface area contributed by atoms with Crippen molar-refractivity contribution in [2.24, 2.45) is 0 Å². The lowest BCUT2D eigenvalue weighted by Crippen LogP contribution is -2.38. The van der Waals surface area contributed by atoms with Crippen LogP contribution in [-0.4, -0.2) is 55.8 Å². The Balaban J connectivity index is 2.62. The number of nitrogens with zero attached hydrogens (tertiary/aromatic N) is 1. The van der Waals surface area contributed by atoms with Crippen LogP contribution in [0.25, 0.3) is 0 Å². The topological polar surface area (TPSA) is 71.0 Å². The molecule has 0 heterocycles. The van der Waals surface area contributed by atoms with E-state index in [2.05, 4.69) is 10.1 Å². The Hall–Kier alpha value is -2.00. The lowest BCUT2D eigenvalue weighted by Gasteiger charge is -2.21. The predicted octanol–water partition coefficient (Wildman–Crippen LogP) is 2.06. The molecular weight excluding hydrogens is 305 g/mol. The summed E-state index contributed by atoms with van der Waals surface area (Å²) in [6, 6.07) is 4.32. The van der Waals surface area contributed by atoms with Crippen molar-refractivity contribution in [3.63, 3.8) is 0 Å². The van der Waals surface area contributed by atoms with Crippen LogP contribution in [0.3, 0.4) is 0 Å². The van der Waals surface area contributed by atoms with Crippen LogP contribution >= 0.6 is 0 Å². The number of ether oxygens (including phenoxy) is 2. The van der Waals surface area contributed by atoms with E-state index in [4.69, 9.17) is 4.74 Å². The number of carbonyl (C=O) groups is 1. The number of hydrogen-bond donors (Lipinski definition) is 2. The summed E-state index contributed by atoms with van der Waals surface area (Å²) in [6.07, 6.45) is -5.66. The van der Waals surface area contributed by atoms with Gasteiger partial charge in [-0.15, -0.1) is 13.2 Å². The van der Waals surface area contributed by atoms with E-state index in [1.165, 1.54) is 31.2 Å². The quantitative estimate of drug-likeness (QED) is 0.841. The second-order valence-corrected chi connectivity index (χ2v) is 4.50. The SMILES string of the molecule is COC[C@H](O)CN(C)C(=O)Nc1cccc(OC(F)(F)F)c1. The van der Waals surface area contributed by atoms with Gasteiger partial charge in [-0.25, -0.2) is 4.79 Å². The van der Waals surface area contributed by atoms with E-state index in [0.717, 1.165) is 12.1 Å². The highest BCUT2D eigenvalue weighted by Gasteiger charge is 2.31. The fraction of sp³-hybridized carbons (Fsp3) is 0.462. The normalized spacial score (nSPS) is 12.6. The predicted molar refractivity (Wildman–Crippen MR) is 72.7 cm³/mol. The molecule has 22 heavy (non-hydrogen) atoms. The summed E-state index contributed by atoms with van der Waals surface area (Å²) in [6.45, 7) is 0.0743. The van der Waals surface area contributed by atoms with E-state index in [9.17, 15) is 23.1 Å². The summed E-state index contributed by atoms with van der Waals surface area (Å²) in [5.74, 6) is -0.438. The van der Waals surface area contributed by atoms with Crippen LogP contribution < -0.4 is 10.1 Å². The second-order valence-electron chi connectivity index (χ2n) is 4.50. The Morgan fingerprint density at radius 1 is 1.45 bits per heavy atom. The van der Waals surface area contributed by atoms with Crippen LogP contribution in [-0.2, 0) is 4.74 Å². The minimum Gasteiger partial charge on any atom is -0.406 e. The Morgan fingerprint density at radius 2 is 2.14 bits per heavy atom. The van der Waals surface area contributed by atoms with Gasteiger partial charge in [0.25, 0.3) is 0 Å². The summed E-state index contributed by atoms with van der Waals surface area (Å²) in [5, 5.41) is 11.9. The molecule has 0 unspecified atom stereocenters. The highest BCUT2D eigenvalue weighted by Crippen LogP contribution is 2.25. The Morgan fingerprint density at radius 3 is 2.73 bits per heavy atom. The van der Waals surface area contributed by atoms with Crippen molar-refractivity contribution >= 4 is 11.7 Å². The first-order valence-electron chi connectivity index (χ1n) is 6.26. The molecule has 124 valence electrons. The maximum atomic E-state index is 12.1. The van der Waals surface area contributed by atoms with Gasteiger partial charge in [0, 0.05) is 25.9 Å². The molecule has 0 aliphatic heterocycles. The van der Waals surface area contributed by atoms with Crippen molar-refractivity contribution in [3.05, 3.63) is 24.3 Å². The zero-order valence-electron chi connectivity index (χ0n) is 12.1. The van der Waals surface area contributed by atoms with Gasteiger partial charge in [-0.3, -0.25) is 0 Å². The third kappa shape index (κ3) is 6.64. The molecule has 0 saturated carbocycles. The largest absolute Gasteiger partial charge is 0.573 e. The molecule has 0 saturated heterocycles. The molecule has 1 atom stereocenters. The minimum atomic E-state index is -4.80. The number of halogens is 3. The van der Waals surface area contributed by atoms with Crippen LogP contribution in [0.2, 0.25) is 0 Å². The number of likely N-dealkylation sites (N-methyl/N-ethyl adjacent to an activating group) is 1. The lowest BCUT2D eigenvalue weighted by molar-refractivity contribution is -0.274. The summed E-state index contributed by atoms with van der Waals surface area (Å²) < 4.78 is 44.9. The van der Waals surface area contributed by atoms with E-state index in [1.807, 2.05) is 0 Å². The van der Waals surface area contributed by atoms with Crippen LogP contribution in [0.1, 0.15) is 0 Å². The molecule has 2 amide bonds. The van der Waals surface area contributed by atoms with Crippen LogP contribution in [0.15, 0.2) is 24.3 Å². The average molecular weight is 322 g/mol. The van der Waals surface area contributed by atoms with Gasteiger partial charge in [-0.05, 0) is 12.1 Å². The third-order valence-electron chi connectivity index (χ3n) is 2.51. The first kappa shape index (κ1) is 18.1. The fourth-order valence-corrected chi connectivity index (χ4v) is 1.63. The molecule has 0 bridgehead atoms. The summed E-state index contributed by atoms with van der Waals surface area (Å²) >= 11 is 0. The average Bonchev–Trinajstić information content (AvgIpc) is 2.37. The van der Waals surface area contributed by atoms with Gasteiger partial charge >= 0.3 is 12.4 Å². The van der Waals surface area contributed by atoms with Crippen molar-refractivity contribution in [2.45, 2.75) is 12.5 Å². The number of aliphatic hydroxyl groups is 1. The van der Waals surface area contributed by atoms with Gasteiger partial charge in [-0.2, -0.15) is 0 Å². The molecule has 1 aromatic carbocycles. The van der Waals surface area contributed by atoms with Gasteiger partial charge in [0.05, 0.1) is 19.3 Å². The molecule has 9 heteroatoms. The number of amides is 2. The molecule has 1 rings (SSSR count). The minimum absolute atomic E-state index is 0.0123. The molecule has 0 fully saturated rings. The van der Waals surface area contributed by atoms with E-state index in [-0.39, 0.29) is 18.8 Å². The Bertz CT molecular complexity index is 496. The summed E-state index contributed by atoms with van der Waals surface area (Å²) in [7, 11) is 2.85. The molecule has 0 aliphatic rings. The van der Waals surface area contributed by atoms with Crippen molar-refractivity contribution in [1.82, 2.24) is 4.90 Å². The smallest absolute Gasteiger partial charge is 0.406 e. The highest BCUT2D eigenvalue weighted by molar-refractivity contribution is 5.89. The lowest BCUT2D eigenvalue weighted by atomic mass is 10.3. The Labute approximate surface area is 125 Å². The Kier molecular flexibility index (Phi) is 6.44. The van der Waals surface area contributed by atoms with Crippen molar-refractivity contribution in [3.8, 4) is 5.75 Å². The molecule has 1 aromatic rings. The van der Waals surface area contributed by atoms with E-state index >= 15 is 0 Å². The molecule has 0 spiro atoms.